The van der Waals surface area contributed by atoms with Gasteiger partial charge >= 0.3 is 0 Å². The van der Waals surface area contributed by atoms with Crippen molar-refractivity contribution >= 4 is 29.9 Å². The fraction of sp³-hybridized carbons (Fsp3) is 0.182. The molecule has 0 atom stereocenters. The fourth-order valence-corrected chi connectivity index (χ4v) is 2.60. The van der Waals surface area contributed by atoms with E-state index in [4.69, 9.17) is 9.47 Å². The number of ether oxygens (including phenoxy) is 2. The molecule has 1 aromatic heterocycles. The van der Waals surface area contributed by atoms with E-state index in [1.54, 1.807) is 38.6 Å². The monoisotopic (exact) mass is 540 g/mol. The molecule has 0 amide bonds. The Morgan fingerprint density at radius 2 is 1.68 bits per heavy atom. The van der Waals surface area contributed by atoms with E-state index in [0.29, 0.717) is 24.1 Å². The molecule has 0 fully saturated rings. The van der Waals surface area contributed by atoms with E-state index in [0.717, 1.165) is 29.5 Å². The van der Waals surface area contributed by atoms with Crippen LogP contribution in [-0.4, -0.2) is 25.1 Å². The zero-order valence-electron chi connectivity index (χ0n) is 17.1. The minimum atomic E-state index is -0.487. The van der Waals surface area contributed by atoms with Crippen LogP contribution in [0.2, 0.25) is 0 Å². The Morgan fingerprint density at radius 3 is 2.32 bits per heavy atom. The average molecular weight is 540 g/mol. The molecule has 3 aromatic rings. The molecule has 0 saturated carbocycles. The van der Waals surface area contributed by atoms with Gasteiger partial charge in [0.2, 0.25) is 5.88 Å². The largest absolute Gasteiger partial charge is 0.497 e. The number of aliphatic imine (C=N–C) groups is 1. The van der Waals surface area contributed by atoms with Crippen LogP contribution in [0.3, 0.4) is 0 Å². The summed E-state index contributed by atoms with van der Waals surface area (Å²) >= 11 is 0. The molecular formula is C22H23F2IN4O2. The van der Waals surface area contributed by atoms with Gasteiger partial charge in [0.05, 0.1) is 7.11 Å². The number of hydrogen-bond donors (Lipinski definition) is 2. The molecule has 9 heteroatoms. The Bertz CT molecular complexity index is 999. The summed E-state index contributed by atoms with van der Waals surface area (Å²) in [5.41, 5.74) is 1.12. The number of rotatable bonds is 7. The average Bonchev–Trinajstić information content (AvgIpc) is 2.77. The first-order valence-corrected chi connectivity index (χ1v) is 9.22. The number of guanidine groups is 1. The molecule has 0 bridgehead atoms. The predicted octanol–water partition coefficient (Wildman–Crippen LogP) is 4.64. The smallest absolute Gasteiger partial charge is 0.219 e. The highest BCUT2D eigenvalue weighted by molar-refractivity contribution is 14.0. The second kappa shape index (κ2) is 12.0. The number of halogens is 3. The second-order valence-electron chi connectivity index (χ2n) is 6.30. The summed E-state index contributed by atoms with van der Waals surface area (Å²) in [6.45, 7) is 0.553. The van der Waals surface area contributed by atoms with Crippen LogP contribution in [0.15, 0.2) is 65.8 Å². The van der Waals surface area contributed by atoms with Crippen molar-refractivity contribution in [3.8, 4) is 17.4 Å². The summed E-state index contributed by atoms with van der Waals surface area (Å²) in [4.78, 5) is 8.37. The third-order valence-electron chi connectivity index (χ3n) is 4.22. The number of methoxy groups -OCH3 is 1. The van der Waals surface area contributed by atoms with E-state index in [1.807, 2.05) is 18.2 Å². The van der Waals surface area contributed by atoms with Crippen molar-refractivity contribution in [2.24, 2.45) is 4.99 Å². The lowest BCUT2D eigenvalue weighted by Gasteiger charge is -2.13. The van der Waals surface area contributed by atoms with Gasteiger partial charge in [0.25, 0.3) is 0 Å². The third kappa shape index (κ3) is 7.35. The summed E-state index contributed by atoms with van der Waals surface area (Å²) in [6, 6.07) is 14.2. The Labute approximate surface area is 196 Å². The van der Waals surface area contributed by atoms with Crippen molar-refractivity contribution in [2.45, 2.75) is 13.1 Å². The van der Waals surface area contributed by atoms with E-state index in [1.165, 1.54) is 0 Å². The van der Waals surface area contributed by atoms with Gasteiger partial charge in [-0.3, -0.25) is 4.99 Å². The first kappa shape index (κ1) is 24.3. The number of pyridine rings is 1. The minimum Gasteiger partial charge on any atom is -0.497 e. The van der Waals surface area contributed by atoms with Gasteiger partial charge in [0.1, 0.15) is 23.1 Å². The lowest BCUT2D eigenvalue weighted by atomic mass is 10.2. The van der Waals surface area contributed by atoms with Gasteiger partial charge in [-0.25, -0.2) is 13.8 Å². The first-order chi connectivity index (χ1) is 14.6. The van der Waals surface area contributed by atoms with Crippen LogP contribution in [0.5, 0.6) is 17.4 Å². The molecule has 3 rings (SSSR count). The molecule has 0 saturated heterocycles. The van der Waals surface area contributed by atoms with Crippen LogP contribution in [-0.2, 0) is 13.1 Å². The highest BCUT2D eigenvalue weighted by Crippen LogP contribution is 2.22. The molecule has 0 aliphatic heterocycles. The summed E-state index contributed by atoms with van der Waals surface area (Å²) in [5.74, 6) is 1.36. The molecule has 1 heterocycles. The molecule has 0 radical (unpaired) electrons. The topological polar surface area (TPSA) is 67.8 Å². The zero-order chi connectivity index (χ0) is 21.3. The van der Waals surface area contributed by atoms with Crippen molar-refractivity contribution in [3.05, 3.63) is 83.6 Å². The molecule has 0 aliphatic carbocycles. The van der Waals surface area contributed by atoms with Crippen molar-refractivity contribution in [1.82, 2.24) is 15.6 Å². The number of hydrogen-bond acceptors (Lipinski definition) is 4. The lowest BCUT2D eigenvalue weighted by molar-refractivity contribution is 0.412. The lowest BCUT2D eigenvalue weighted by Crippen LogP contribution is -2.36. The number of aromatic nitrogens is 1. The van der Waals surface area contributed by atoms with Crippen LogP contribution in [0.1, 0.15) is 11.1 Å². The highest BCUT2D eigenvalue weighted by atomic mass is 127. The van der Waals surface area contributed by atoms with E-state index in [-0.39, 0.29) is 36.1 Å². The Hall–Kier alpha value is -2.95. The molecule has 6 nitrogen and oxygen atoms in total. The highest BCUT2D eigenvalue weighted by Gasteiger charge is 2.06. The minimum absolute atomic E-state index is 0. The Kier molecular flexibility index (Phi) is 9.44. The molecule has 2 N–H and O–H groups in total. The number of nitrogens with zero attached hydrogens (tertiary/aromatic N) is 2. The molecule has 31 heavy (non-hydrogen) atoms. The first-order valence-electron chi connectivity index (χ1n) is 9.22. The molecule has 164 valence electrons. The van der Waals surface area contributed by atoms with Crippen molar-refractivity contribution in [2.75, 3.05) is 14.2 Å². The predicted molar refractivity (Wildman–Crippen MR) is 126 cm³/mol. The molecule has 0 spiro atoms. The van der Waals surface area contributed by atoms with E-state index in [2.05, 4.69) is 20.6 Å². The SMILES string of the molecule is CN=C(NCc1ccc(Oc2ccc(OC)cc2)nc1)NCc1cc(F)ccc1F.I. The maximum absolute atomic E-state index is 13.7. The second-order valence-corrected chi connectivity index (χ2v) is 6.30. The van der Waals surface area contributed by atoms with Gasteiger partial charge < -0.3 is 20.1 Å². The van der Waals surface area contributed by atoms with Gasteiger partial charge in [-0.15, -0.1) is 24.0 Å². The van der Waals surface area contributed by atoms with Crippen LogP contribution in [0.4, 0.5) is 8.78 Å². The normalized spacial score (nSPS) is 10.8. The van der Waals surface area contributed by atoms with Crippen LogP contribution in [0, 0.1) is 11.6 Å². The van der Waals surface area contributed by atoms with Crippen molar-refractivity contribution < 1.29 is 18.3 Å². The summed E-state index contributed by atoms with van der Waals surface area (Å²) in [6.07, 6.45) is 1.69. The van der Waals surface area contributed by atoms with Gasteiger partial charge in [0.15, 0.2) is 5.96 Å². The standard InChI is InChI=1S/C22H22F2N4O2.HI/c1-25-22(28-14-16-11-17(23)4-9-20(16)24)27-13-15-3-10-21(26-12-15)30-19-7-5-18(29-2)6-8-19;/h3-12H,13-14H2,1-2H3,(H2,25,27,28);1H. The molecule has 2 aromatic carbocycles. The quantitative estimate of drug-likeness (QED) is 0.260. The summed E-state index contributed by atoms with van der Waals surface area (Å²) in [7, 11) is 3.20. The van der Waals surface area contributed by atoms with Gasteiger partial charge in [-0.1, -0.05) is 6.07 Å². The van der Waals surface area contributed by atoms with Gasteiger partial charge in [-0.2, -0.15) is 0 Å². The van der Waals surface area contributed by atoms with Crippen molar-refractivity contribution in [1.29, 1.82) is 0 Å². The summed E-state index contributed by atoms with van der Waals surface area (Å²) in [5, 5.41) is 6.05. The van der Waals surface area contributed by atoms with Crippen LogP contribution >= 0.6 is 24.0 Å². The third-order valence-corrected chi connectivity index (χ3v) is 4.22. The Balaban J connectivity index is 0.00000341. The Morgan fingerprint density at radius 1 is 0.968 bits per heavy atom. The zero-order valence-corrected chi connectivity index (χ0v) is 19.4. The van der Waals surface area contributed by atoms with E-state index < -0.39 is 11.6 Å². The van der Waals surface area contributed by atoms with Crippen molar-refractivity contribution in [3.63, 3.8) is 0 Å². The molecule has 0 aliphatic rings. The van der Waals surface area contributed by atoms with Crippen LogP contribution < -0.4 is 20.1 Å². The van der Waals surface area contributed by atoms with Gasteiger partial charge in [-0.05, 0) is 48.0 Å². The maximum atomic E-state index is 13.7. The van der Waals surface area contributed by atoms with Gasteiger partial charge in [0, 0.05) is 38.0 Å². The molecular weight excluding hydrogens is 517 g/mol. The number of nitrogens with one attached hydrogen (secondary N) is 2. The van der Waals surface area contributed by atoms with E-state index in [9.17, 15) is 8.78 Å². The fourth-order valence-electron chi connectivity index (χ4n) is 2.60. The number of benzene rings is 2. The molecule has 0 unspecified atom stereocenters. The summed E-state index contributed by atoms with van der Waals surface area (Å²) < 4.78 is 37.8. The maximum Gasteiger partial charge on any atom is 0.219 e. The van der Waals surface area contributed by atoms with Crippen LogP contribution in [0.25, 0.3) is 0 Å². The van der Waals surface area contributed by atoms with E-state index >= 15 is 0 Å².